The molecule has 3 heteroatoms. The predicted octanol–water partition coefficient (Wildman–Crippen LogP) is 3.66. The third-order valence-corrected chi connectivity index (χ3v) is 3.87. The van der Waals surface area contributed by atoms with Crippen molar-refractivity contribution in [1.82, 2.24) is 5.32 Å². The molecule has 2 nitrogen and oxygen atoms in total. The highest BCUT2D eigenvalue weighted by atomic mass is 79.9. The first-order valence-electron chi connectivity index (χ1n) is 6.69. The Morgan fingerprint density at radius 1 is 1.39 bits per heavy atom. The van der Waals surface area contributed by atoms with Crippen LogP contribution in [0, 0.1) is 5.92 Å². The number of halogens is 1. The fraction of sp³-hybridized carbons (Fsp3) is 0.600. The summed E-state index contributed by atoms with van der Waals surface area (Å²) in [6.07, 6.45) is 1.29. The van der Waals surface area contributed by atoms with Crippen molar-refractivity contribution in [2.24, 2.45) is 5.92 Å². The van der Waals surface area contributed by atoms with Crippen molar-refractivity contribution in [3.05, 3.63) is 28.7 Å². The second kappa shape index (κ2) is 5.62. The summed E-state index contributed by atoms with van der Waals surface area (Å²) in [7, 11) is 0. The van der Waals surface area contributed by atoms with Gasteiger partial charge in [0.1, 0.15) is 0 Å². The Hall–Kier alpha value is -0.540. The SMILES string of the molecule is CC(C)(C)NCC1CCN(c2cccc(Br)c2)C1. The largest absolute Gasteiger partial charge is 0.371 e. The maximum absolute atomic E-state index is 3.61. The minimum absolute atomic E-state index is 0.225. The fourth-order valence-electron chi connectivity index (χ4n) is 2.36. The van der Waals surface area contributed by atoms with E-state index in [-0.39, 0.29) is 5.54 Å². The lowest BCUT2D eigenvalue weighted by atomic mass is 10.1. The smallest absolute Gasteiger partial charge is 0.0377 e. The van der Waals surface area contributed by atoms with Crippen molar-refractivity contribution in [1.29, 1.82) is 0 Å². The minimum Gasteiger partial charge on any atom is -0.371 e. The van der Waals surface area contributed by atoms with Gasteiger partial charge in [-0.15, -0.1) is 0 Å². The second-order valence-electron chi connectivity index (χ2n) is 6.21. The zero-order chi connectivity index (χ0) is 13.2. The van der Waals surface area contributed by atoms with E-state index in [2.05, 4.69) is 71.2 Å². The molecule has 1 N–H and O–H groups in total. The van der Waals surface area contributed by atoms with Crippen LogP contribution in [0.15, 0.2) is 28.7 Å². The molecule has 1 aliphatic rings. The third kappa shape index (κ3) is 3.99. The van der Waals surface area contributed by atoms with Gasteiger partial charge in [0.25, 0.3) is 0 Å². The number of nitrogens with one attached hydrogen (secondary N) is 1. The van der Waals surface area contributed by atoms with Crippen molar-refractivity contribution in [2.45, 2.75) is 32.7 Å². The predicted molar refractivity (Wildman–Crippen MR) is 82.2 cm³/mol. The van der Waals surface area contributed by atoms with Gasteiger partial charge in [-0.25, -0.2) is 0 Å². The molecule has 100 valence electrons. The zero-order valence-electron chi connectivity index (χ0n) is 11.5. The summed E-state index contributed by atoms with van der Waals surface area (Å²) < 4.78 is 1.16. The summed E-state index contributed by atoms with van der Waals surface area (Å²) in [4.78, 5) is 2.49. The van der Waals surface area contributed by atoms with Crippen LogP contribution in [-0.4, -0.2) is 25.2 Å². The quantitative estimate of drug-likeness (QED) is 0.916. The Morgan fingerprint density at radius 3 is 2.83 bits per heavy atom. The molecule has 1 atom stereocenters. The van der Waals surface area contributed by atoms with Crippen LogP contribution >= 0.6 is 15.9 Å². The molecule has 1 fully saturated rings. The average molecular weight is 311 g/mol. The lowest BCUT2D eigenvalue weighted by molar-refractivity contribution is 0.383. The highest BCUT2D eigenvalue weighted by Crippen LogP contribution is 2.26. The molecule has 0 saturated carbocycles. The van der Waals surface area contributed by atoms with Crippen LogP contribution in [0.25, 0.3) is 0 Å². The maximum Gasteiger partial charge on any atom is 0.0377 e. The molecule has 1 aromatic carbocycles. The number of anilines is 1. The van der Waals surface area contributed by atoms with Gasteiger partial charge in [0, 0.05) is 35.3 Å². The normalized spacial score (nSPS) is 20.4. The van der Waals surface area contributed by atoms with E-state index in [0.29, 0.717) is 0 Å². The van der Waals surface area contributed by atoms with Crippen LogP contribution in [0.1, 0.15) is 27.2 Å². The molecule has 1 aromatic rings. The first kappa shape index (κ1) is 13.9. The van der Waals surface area contributed by atoms with Crippen molar-refractivity contribution < 1.29 is 0 Å². The topological polar surface area (TPSA) is 15.3 Å². The first-order valence-corrected chi connectivity index (χ1v) is 7.49. The van der Waals surface area contributed by atoms with Crippen LogP contribution in [0.5, 0.6) is 0 Å². The fourth-order valence-corrected chi connectivity index (χ4v) is 2.74. The molecule has 0 amide bonds. The first-order chi connectivity index (χ1) is 8.44. The number of nitrogens with zero attached hydrogens (tertiary/aromatic N) is 1. The summed E-state index contributed by atoms with van der Waals surface area (Å²) in [5.41, 5.74) is 1.56. The maximum atomic E-state index is 3.61. The molecule has 0 aromatic heterocycles. The second-order valence-corrected chi connectivity index (χ2v) is 7.13. The van der Waals surface area contributed by atoms with Gasteiger partial charge in [0.15, 0.2) is 0 Å². The van der Waals surface area contributed by atoms with Crippen molar-refractivity contribution in [3.8, 4) is 0 Å². The van der Waals surface area contributed by atoms with Gasteiger partial charge in [-0.05, 0) is 51.3 Å². The molecule has 1 unspecified atom stereocenters. The summed E-state index contributed by atoms with van der Waals surface area (Å²) in [5.74, 6) is 0.767. The highest BCUT2D eigenvalue weighted by Gasteiger charge is 2.23. The van der Waals surface area contributed by atoms with E-state index in [9.17, 15) is 0 Å². The standard InChI is InChI=1S/C15H23BrN2/c1-15(2,3)17-10-12-7-8-18(11-12)14-6-4-5-13(16)9-14/h4-6,9,12,17H,7-8,10-11H2,1-3H3. The van der Waals surface area contributed by atoms with Crippen LogP contribution in [0.4, 0.5) is 5.69 Å². The number of hydrogen-bond acceptors (Lipinski definition) is 2. The van der Waals surface area contributed by atoms with Gasteiger partial charge < -0.3 is 10.2 Å². The average Bonchev–Trinajstić information content (AvgIpc) is 2.74. The van der Waals surface area contributed by atoms with Crippen molar-refractivity contribution in [3.63, 3.8) is 0 Å². The molecule has 0 bridgehead atoms. The Kier molecular flexibility index (Phi) is 4.33. The monoisotopic (exact) mass is 310 g/mol. The van der Waals surface area contributed by atoms with E-state index < -0.39 is 0 Å². The molecule has 1 aliphatic heterocycles. The molecule has 0 aliphatic carbocycles. The van der Waals surface area contributed by atoms with Crippen LogP contribution in [0.2, 0.25) is 0 Å². The van der Waals surface area contributed by atoms with Gasteiger partial charge in [0.2, 0.25) is 0 Å². The molecule has 0 spiro atoms. The highest BCUT2D eigenvalue weighted by molar-refractivity contribution is 9.10. The Bertz CT molecular complexity index is 398. The summed E-state index contributed by atoms with van der Waals surface area (Å²) in [6.45, 7) is 10.1. The molecule has 2 rings (SSSR count). The summed E-state index contributed by atoms with van der Waals surface area (Å²) in [6, 6.07) is 8.60. The van der Waals surface area contributed by atoms with Crippen LogP contribution < -0.4 is 10.2 Å². The van der Waals surface area contributed by atoms with Crippen molar-refractivity contribution in [2.75, 3.05) is 24.5 Å². The van der Waals surface area contributed by atoms with Gasteiger partial charge in [-0.2, -0.15) is 0 Å². The summed E-state index contributed by atoms with van der Waals surface area (Å²) >= 11 is 3.54. The molecule has 1 saturated heterocycles. The third-order valence-electron chi connectivity index (χ3n) is 3.38. The van der Waals surface area contributed by atoms with E-state index in [1.165, 1.54) is 25.2 Å². The van der Waals surface area contributed by atoms with Crippen LogP contribution in [0.3, 0.4) is 0 Å². The van der Waals surface area contributed by atoms with Crippen molar-refractivity contribution >= 4 is 21.6 Å². The lowest BCUT2D eigenvalue weighted by Gasteiger charge is -2.24. The van der Waals surface area contributed by atoms with Gasteiger partial charge in [-0.1, -0.05) is 22.0 Å². The van der Waals surface area contributed by atoms with E-state index in [4.69, 9.17) is 0 Å². The Balaban J connectivity index is 1.89. The van der Waals surface area contributed by atoms with E-state index in [0.717, 1.165) is 16.9 Å². The zero-order valence-corrected chi connectivity index (χ0v) is 13.1. The van der Waals surface area contributed by atoms with E-state index >= 15 is 0 Å². The molecule has 18 heavy (non-hydrogen) atoms. The number of benzene rings is 1. The van der Waals surface area contributed by atoms with E-state index in [1.807, 2.05) is 0 Å². The van der Waals surface area contributed by atoms with Gasteiger partial charge >= 0.3 is 0 Å². The summed E-state index contributed by atoms with van der Waals surface area (Å²) in [5, 5.41) is 3.61. The van der Waals surface area contributed by atoms with Gasteiger partial charge in [-0.3, -0.25) is 0 Å². The molecular formula is C15H23BrN2. The van der Waals surface area contributed by atoms with Gasteiger partial charge in [0.05, 0.1) is 0 Å². The molecular weight excluding hydrogens is 288 g/mol. The Morgan fingerprint density at radius 2 is 2.17 bits per heavy atom. The Labute approximate surface area is 119 Å². The molecule has 1 heterocycles. The van der Waals surface area contributed by atoms with Crippen LogP contribution in [-0.2, 0) is 0 Å². The van der Waals surface area contributed by atoms with E-state index in [1.54, 1.807) is 0 Å². The number of rotatable bonds is 3. The number of hydrogen-bond donors (Lipinski definition) is 1. The minimum atomic E-state index is 0.225. The lowest BCUT2D eigenvalue weighted by Crippen LogP contribution is -2.39. The molecule has 0 radical (unpaired) electrons.